The smallest absolute Gasteiger partial charge is 0.434 e. The lowest BCUT2D eigenvalue weighted by atomic mass is 10.0. The summed E-state index contributed by atoms with van der Waals surface area (Å²) < 4.78 is 50.9. The van der Waals surface area contributed by atoms with Crippen molar-refractivity contribution in [2.24, 2.45) is 0 Å². The first-order chi connectivity index (χ1) is 12.0. The molecule has 0 bridgehead atoms. The molecule has 0 atom stereocenters. The standard InChI is InChI=1S/C18H21F3N2O3/c1-6-26-16(24)13-14(23-17(2,3)4)11-9-10(25-5)7-8-12(11)22-15(13)18(19,20)21/h7-9H,6H2,1-5H3,(H,22,23). The number of ether oxygens (including phenoxy) is 2. The number of pyridine rings is 1. The van der Waals surface area contributed by atoms with Gasteiger partial charge in [0.15, 0.2) is 5.69 Å². The Kier molecular flexibility index (Phi) is 5.34. The number of carbonyl (C=O) groups excluding carboxylic acids is 1. The molecule has 1 aromatic carbocycles. The Hall–Kier alpha value is -2.51. The largest absolute Gasteiger partial charge is 0.497 e. The van der Waals surface area contributed by atoms with Gasteiger partial charge in [0.2, 0.25) is 0 Å². The predicted molar refractivity (Wildman–Crippen MR) is 92.6 cm³/mol. The highest BCUT2D eigenvalue weighted by Crippen LogP contribution is 2.40. The number of hydrogen-bond acceptors (Lipinski definition) is 5. The Balaban J connectivity index is 2.94. The van der Waals surface area contributed by atoms with Gasteiger partial charge in [-0.2, -0.15) is 13.2 Å². The summed E-state index contributed by atoms with van der Waals surface area (Å²) in [6.07, 6.45) is -4.81. The van der Waals surface area contributed by atoms with Gasteiger partial charge in [0.05, 0.1) is 24.9 Å². The Morgan fingerprint density at radius 1 is 1.23 bits per heavy atom. The lowest BCUT2D eigenvalue weighted by Gasteiger charge is -2.26. The van der Waals surface area contributed by atoms with Gasteiger partial charge < -0.3 is 14.8 Å². The quantitative estimate of drug-likeness (QED) is 0.794. The van der Waals surface area contributed by atoms with Crippen molar-refractivity contribution in [2.45, 2.75) is 39.4 Å². The second kappa shape index (κ2) is 7.01. The number of esters is 1. The fourth-order valence-electron chi connectivity index (χ4n) is 2.48. The normalized spacial score (nSPS) is 12.2. The van der Waals surface area contributed by atoms with Gasteiger partial charge in [0.25, 0.3) is 0 Å². The minimum absolute atomic E-state index is 0.0205. The molecule has 0 saturated heterocycles. The van der Waals surface area contributed by atoms with Crippen molar-refractivity contribution in [1.82, 2.24) is 4.98 Å². The summed E-state index contributed by atoms with van der Waals surface area (Å²) >= 11 is 0. The van der Waals surface area contributed by atoms with E-state index in [1.165, 1.54) is 26.2 Å². The third kappa shape index (κ3) is 4.17. The molecule has 5 nitrogen and oxygen atoms in total. The summed E-state index contributed by atoms with van der Waals surface area (Å²) in [6, 6.07) is 4.48. The molecule has 0 saturated carbocycles. The van der Waals surface area contributed by atoms with E-state index in [-0.39, 0.29) is 17.8 Å². The van der Waals surface area contributed by atoms with Crippen molar-refractivity contribution in [3.8, 4) is 5.75 Å². The molecule has 0 fully saturated rings. The summed E-state index contributed by atoms with van der Waals surface area (Å²) in [5.41, 5.74) is -2.40. The summed E-state index contributed by atoms with van der Waals surface area (Å²) in [5, 5.41) is 3.34. The van der Waals surface area contributed by atoms with Crippen LogP contribution in [0.2, 0.25) is 0 Å². The number of methoxy groups -OCH3 is 1. The number of aromatic nitrogens is 1. The second-order valence-electron chi connectivity index (χ2n) is 6.69. The third-order valence-electron chi connectivity index (χ3n) is 3.44. The number of benzene rings is 1. The molecule has 0 radical (unpaired) electrons. The van der Waals surface area contributed by atoms with Crippen molar-refractivity contribution < 1.29 is 27.4 Å². The van der Waals surface area contributed by atoms with E-state index in [1.54, 1.807) is 26.8 Å². The molecule has 0 unspecified atom stereocenters. The fourth-order valence-corrected chi connectivity index (χ4v) is 2.48. The fraction of sp³-hybridized carbons (Fsp3) is 0.444. The van der Waals surface area contributed by atoms with Crippen LogP contribution in [0.15, 0.2) is 18.2 Å². The average Bonchev–Trinajstić information content (AvgIpc) is 2.52. The van der Waals surface area contributed by atoms with Gasteiger partial charge in [-0.05, 0) is 45.9 Å². The molecule has 1 heterocycles. The minimum atomic E-state index is -4.81. The van der Waals surface area contributed by atoms with Crippen molar-refractivity contribution in [2.75, 3.05) is 19.0 Å². The zero-order valence-electron chi connectivity index (χ0n) is 15.2. The molecule has 0 aliphatic heterocycles. The summed E-state index contributed by atoms with van der Waals surface area (Å²) in [6.45, 7) is 6.81. The van der Waals surface area contributed by atoms with Crippen LogP contribution in [0.3, 0.4) is 0 Å². The Morgan fingerprint density at radius 2 is 1.88 bits per heavy atom. The lowest BCUT2D eigenvalue weighted by molar-refractivity contribution is -0.141. The van der Waals surface area contributed by atoms with E-state index in [2.05, 4.69) is 10.3 Å². The number of rotatable bonds is 4. The van der Waals surface area contributed by atoms with Crippen LogP contribution in [0, 0.1) is 0 Å². The molecule has 0 spiro atoms. The first kappa shape index (κ1) is 19.8. The van der Waals surface area contributed by atoms with E-state index >= 15 is 0 Å². The number of carbonyl (C=O) groups is 1. The topological polar surface area (TPSA) is 60.5 Å². The number of halogens is 3. The molecular weight excluding hydrogens is 349 g/mol. The van der Waals surface area contributed by atoms with Crippen LogP contribution in [0.5, 0.6) is 5.75 Å². The van der Waals surface area contributed by atoms with E-state index in [0.717, 1.165) is 0 Å². The van der Waals surface area contributed by atoms with Gasteiger partial charge in [0, 0.05) is 10.9 Å². The maximum atomic E-state index is 13.6. The molecule has 2 aromatic rings. The van der Waals surface area contributed by atoms with Gasteiger partial charge in [-0.25, -0.2) is 9.78 Å². The Labute approximate surface area is 149 Å². The average molecular weight is 370 g/mol. The number of fused-ring (bicyclic) bond motifs is 1. The Morgan fingerprint density at radius 3 is 2.38 bits per heavy atom. The van der Waals surface area contributed by atoms with Crippen LogP contribution in [0.25, 0.3) is 10.9 Å². The predicted octanol–water partition coefficient (Wildman–Crippen LogP) is 4.65. The zero-order chi connectivity index (χ0) is 19.7. The minimum Gasteiger partial charge on any atom is -0.497 e. The molecule has 1 N–H and O–H groups in total. The van der Waals surface area contributed by atoms with Crippen LogP contribution in [0.1, 0.15) is 43.7 Å². The monoisotopic (exact) mass is 370 g/mol. The van der Waals surface area contributed by atoms with Gasteiger partial charge in [-0.1, -0.05) is 0 Å². The third-order valence-corrected chi connectivity index (χ3v) is 3.44. The highest BCUT2D eigenvalue weighted by atomic mass is 19.4. The van der Waals surface area contributed by atoms with Gasteiger partial charge in [-0.15, -0.1) is 0 Å². The van der Waals surface area contributed by atoms with Gasteiger partial charge >= 0.3 is 12.1 Å². The first-order valence-corrected chi connectivity index (χ1v) is 8.02. The number of alkyl halides is 3. The Bertz CT molecular complexity index is 827. The lowest BCUT2D eigenvalue weighted by Crippen LogP contribution is -2.29. The van der Waals surface area contributed by atoms with Crippen molar-refractivity contribution >= 4 is 22.6 Å². The molecule has 0 amide bonds. The molecule has 0 aliphatic rings. The highest BCUT2D eigenvalue weighted by Gasteiger charge is 2.40. The van der Waals surface area contributed by atoms with Gasteiger partial charge in [0.1, 0.15) is 11.3 Å². The first-order valence-electron chi connectivity index (χ1n) is 8.02. The molecule has 142 valence electrons. The van der Waals surface area contributed by atoms with E-state index in [4.69, 9.17) is 9.47 Å². The van der Waals surface area contributed by atoms with Crippen LogP contribution in [-0.4, -0.2) is 30.2 Å². The summed E-state index contributed by atoms with van der Waals surface area (Å²) in [7, 11) is 1.45. The number of anilines is 1. The van der Waals surface area contributed by atoms with Crippen molar-refractivity contribution in [3.63, 3.8) is 0 Å². The highest BCUT2D eigenvalue weighted by molar-refractivity contribution is 6.06. The number of nitrogens with one attached hydrogen (secondary N) is 1. The molecule has 2 rings (SSSR count). The van der Waals surface area contributed by atoms with Crippen molar-refractivity contribution in [1.29, 1.82) is 0 Å². The van der Waals surface area contributed by atoms with Crippen LogP contribution in [-0.2, 0) is 10.9 Å². The molecule has 8 heteroatoms. The molecule has 1 aromatic heterocycles. The van der Waals surface area contributed by atoms with Crippen LogP contribution in [0.4, 0.5) is 18.9 Å². The second-order valence-corrected chi connectivity index (χ2v) is 6.69. The summed E-state index contributed by atoms with van der Waals surface area (Å²) in [4.78, 5) is 16.1. The molecule has 0 aliphatic carbocycles. The van der Waals surface area contributed by atoms with E-state index in [0.29, 0.717) is 11.1 Å². The van der Waals surface area contributed by atoms with Crippen LogP contribution < -0.4 is 10.1 Å². The SMILES string of the molecule is CCOC(=O)c1c(C(F)(F)F)nc2ccc(OC)cc2c1NC(C)(C)C. The summed E-state index contributed by atoms with van der Waals surface area (Å²) in [5.74, 6) is -0.644. The van der Waals surface area contributed by atoms with E-state index in [1.807, 2.05) is 0 Å². The maximum Gasteiger partial charge on any atom is 0.434 e. The molecule has 26 heavy (non-hydrogen) atoms. The zero-order valence-corrected chi connectivity index (χ0v) is 15.2. The number of nitrogens with zero attached hydrogens (tertiary/aromatic N) is 1. The van der Waals surface area contributed by atoms with E-state index < -0.39 is 28.9 Å². The van der Waals surface area contributed by atoms with E-state index in [9.17, 15) is 18.0 Å². The maximum absolute atomic E-state index is 13.6. The molecular formula is C18H21F3N2O3. The van der Waals surface area contributed by atoms with Crippen molar-refractivity contribution in [3.05, 3.63) is 29.5 Å². The number of hydrogen-bond donors (Lipinski definition) is 1. The van der Waals surface area contributed by atoms with Gasteiger partial charge in [-0.3, -0.25) is 0 Å². The van der Waals surface area contributed by atoms with Crippen LogP contribution >= 0.6 is 0 Å².